The first-order valence-electron chi connectivity index (χ1n) is 11.9. The van der Waals surface area contributed by atoms with Crippen LogP contribution in [0.5, 0.6) is 11.5 Å². The van der Waals surface area contributed by atoms with Gasteiger partial charge in [-0.25, -0.2) is 5.09 Å². The van der Waals surface area contributed by atoms with Crippen LogP contribution in [0, 0.1) is 6.92 Å². The van der Waals surface area contributed by atoms with Gasteiger partial charge in [-0.1, -0.05) is 50.1 Å². The fourth-order valence-electron chi connectivity index (χ4n) is 4.03. The number of rotatable bonds is 10. The molecule has 1 unspecified atom stereocenters. The average Bonchev–Trinajstić information content (AvgIpc) is 2.72. The molecule has 0 aliphatic carbocycles. The number of carbonyl (C=O) groups is 1. The third kappa shape index (κ3) is 6.31. The van der Waals surface area contributed by atoms with Crippen LogP contribution in [0.1, 0.15) is 63.6 Å². The smallest absolute Gasteiger partial charge is 0.323 e. The van der Waals surface area contributed by atoms with Gasteiger partial charge in [-0.3, -0.25) is 9.36 Å². The molecule has 1 heterocycles. The molecular weight excluding hydrogens is 449 g/mol. The zero-order chi connectivity index (χ0) is 25.0. The Morgan fingerprint density at radius 2 is 1.88 bits per heavy atom. The first-order chi connectivity index (χ1) is 16.0. The molecule has 2 aromatic rings. The maximum absolute atomic E-state index is 13.5. The molecule has 0 amide bonds. The molecule has 0 saturated carbocycles. The van der Waals surface area contributed by atoms with Crippen molar-refractivity contribution < 1.29 is 23.4 Å². The van der Waals surface area contributed by atoms with E-state index in [2.05, 4.69) is 24.7 Å². The first-order valence-corrected chi connectivity index (χ1v) is 14.0. The molecular formula is C27H36NO5P. The summed E-state index contributed by atoms with van der Waals surface area (Å²) in [7, 11) is -3.43. The SMILES string of the molecule is C=C1Oc2cc(CCCCC)cc(OP(C)(=O)N[C@@H](C)C(=O)OC(C)C)c2-c2cc(C)ccc21. The summed E-state index contributed by atoms with van der Waals surface area (Å²) >= 11 is 0. The highest BCUT2D eigenvalue weighted by Gasteiger charge is 2.30. The van der Waals surface area contributed by atoms with Crippen LogP contribution < -0.4 is 14.3 Å². The van der Waals surface area contributed by atoms with Crippen molar-refractivity contribution in [3.05, 3.63) is 53.6 Å². The molecule has 0 saturated heterocycles. The maximum Gasteiger partial charge on any atom is 0.323 e. The molecule has 0 bridgehead atoms. The molecule has 7 heteroatoms. The highest BCUT2D eigenvalue weighted by Crippen LogP contribution is 2.51. The molecule has 184 valence electrons. The van der Waals surface area contributed by atoms with Crippen molar-refractivity contribution in [2.24, 2.45) is 0 Å². The minimum atomic E-state index is -3.43. The van der Waals surface area contributed by atoms with Gasteiger partial charge in [0, 0.05) is 17.8 Å². The van der Waals surface area contributed by atoms with Crippen LogP contribution in [0.2, 0.25) is 0 Å². The fraction of sp³-hybridized carbons (Fsp3) is 0.444. The molecule has 34 heavy (non-hydrogen) atoms. The van der Waals surface area contributed by atoms with Crippen LogP contribution in [0.4, 0.5) is 0 Å². The Labute approximate surface area is 203 Å². The van der Waals surface area contributed by atoms with Crippen LogP contribution in [-0.4, -0.2) is 24.8 Å². The van der Waals surface area contributed by atoms with E-state index in [4.69, 9.17) is 14.0 Å². The van der Waals surface area contributed by atoms with E-state index in [9.17, 15) is 9.36 Å². The van der Waals surface area contributed by atoms with Crippen LogP contribution in [-0.2, 0) is 20.5 Å². The number of unbranched alkanes of at least 4 members (excludes halogenated alkanes) is 2. The van der Waals surface area contributed by atoms with Crippen molar-refractivity contribution >= 4 is 19.2 Å². The topological polar surface area (TPSA) is 73.9 Å². The Morgan fingerprint density at radius 3 is 2.56 bits per heavy atom. The number of nitrogens with one attached hydrogen (secondary N) is 1. The van der Waals surface area contributed by atoms with Gasteiger partial charge in [0.05, 0.1) is 11.7 Å². The number of benzene rings is 2. The summed E-state index contributed by atoms with van der Waals surface area (Å²) in [5, 5.41) is 2.83. The predicted molar refractivity (Wildman–Crippen MR) is 137 cm³/mol. The van der Waals surface area contributed by atoms with E-state index in [1.165, 1.54) is 6.66 Å². The molecule has 0 fully saturated rings. The molecule has 1 aliphatic heterocycles. The van der Waals surface area contributed by atoms with Gasteiger partial charge in [0.15, 0.2) is 0 Å². The second kappa shape index (κ2) is 10.8. The molecule has 0 aromatic heterocycles. The van der Waals surface area contributed by atoms with Gasteiger partial charge < -0.3 is 14.0 Å². The summed E-state index contributed by atoms with van der Waals surface area (Å²) in [6.07, 6.45) is 3.86. The Bertz CT molecular complexity index is 1120. The summed E-state index contributed by atoms with van der Waals surface area (Å²) in [5.74, 6) is 1.20. The second-order valence-corrected chi connectivity index (χ2v) is 11.4. The van der Waals surface area contributed by atoms with Gasteiger partial charge in [-0.2, -0.15) is 0 Å². The lowest BCUT2D eigenvalue weighted by molar-refractivity contribution is -0.149. The Balaban J connectivity index is 2.01. The minimum absolute atomic E-state index is 0.259. The van der Waals surface area contributed by atoms with E-state index < -0.39 is 19.5 Å². The van der Waals surface area contributed by atoms with Gasteiger partial charge in [-0.15, -0.1) is 0 Å². The summed E-state index contributed by atoms with van der Waals surface area (Å²) in [5.41, 5.74) is 4.66. The number of carbonyl (C=O) groups excluding carboxylic acids is 1. The highest BCUT2D eigenvalue weighted by molar-refractivity contribution is 7.56. The van der Waals surface area contributed by atoms with Crippen LogP contribution in [0.25, 0.3) is 16.9 Å². The number of esters is 1. The monoisotopic (exact) mass is 485 g/mol. The molecule has 2 aromatic carbocycles. The van der Waals surface area contributed by atoms with E-state index in [0.29, 0.717) is 17.3 Å². The van der Waals surface area contributed by atoms with E-state index in [1.807, 2.05) is 31.2 Å². The molecule has 2 atom stereocenters. The lowest BCUT2D eigenvalue weighted by atomic mass is 9.91. The fourth-order valence-corrected chi connectivity index (χ4v) is 5.42. The molecule has 0 spiro atoms. The van der Waals surface area contributed by atoms with Crippen molar-refractivity contribution in [1.29, 1.82) is 0 Å². The van der Waals surface area contributed by atoms with E-state index in [1.54, 1.807) is 20.8 Å². The largest absolute Gasteiger partial charge is 0.462 e. The van der Waals surface area contributed by atoms with Crippen LogP contribution >= 0.6 is 7.52 Å². The number of aryl methyl sites for hydroxylation is 2. The van der Waals surface area contributed by atoms with Gasteiger partial charge in [0.1, 0.15) is 23.3 Å². The zero-order valence-electron chi connectivity index (χ0n) is 21.1. The predicted octanol–water partition coefficient (Wildman–Crippen LogP) is 6.89. The minimum Gasteiger partial charge on any atom is -0.462 e. The summed E-state index contributed by atoms with van der Waals surface area (Å²) in [4.78, 5) is 12.3. The third-order valence-corrected chi connectivity index (χ3v) is 6.98. The Hall–Kier alpha value is -2.56. The molecule has 0 radical (unpaired) electrons. The summed E-state index contributed by atoms with van der Waals surface area (Å²) < 4.78 is 31.0. The van der Waals surface area contributed by atoms with E-state index >= 15 is 0 Å². The van der Waals surface area contributed by atoms with Crippen molar-refractivity contribution in [3.63, 3.8) is 0 Å². The van der Waals surface area contributed by atoms with Gasteiger partial charge in [0.2, 0.25) is 0 Å². The number of hydrogen-bond donors (Lipinski definition) is 1. The summed E-state index contributed by atoms with van der Waals surface area (Å²) in [6.45, 7) is 14.9. The molecule has 1 aliphatic rings. The van der Waals surface area contributed by atoms with Crippen molar-refractivity contribution in [2.75, 3.05) is 6.66 Å². The first kappa shape index (κ1) is 26.1. The van der Waals surface area contributed by atoms with Crippen LogP contribution in [0.3, 0.4) is 0 Å². The van der Waals surface area contributed by atoms with Gasteiger partial charge in [-0.05, 0) is 58.2 Å². The lowest BCUT2D eigenvalue weighted by Crippen LogP contribution is -2.35. The molecule has 1 N–H and O–H groups in total. The highest BCUT2D eigenvalue weighted by atomic mass is 31.2. The van der Waals surface area contributed by atoms with Crippen molar-refractivity contribution in [2.45, 2.75) is 72.4 Å². The van der Waals surface area contributed by atoms with Gasteiger partial charge in [0.25, 0.3) is 0 Å². The Kier molecular flexibility index (Phi) is 8.27. The number of fused-ring (bicyclic) bond motifs is 3. The summed E-state index contributed by atoms with van der Waals surface area (Å²) in [6, 6.07) is 9.21. The maximum atomic E-state index is 13.5. The number of ether oxygens (including phenoxy) is 2. The zero-order valence-corrected chi connectivity index (χ0v) is 22.0. The Morgan fingerprint density at radius 1 is 1.15 bits per heavy atom. The standard InChI is InChI=1S/C27H36NO5P/c1-8-9-10-11-21-15-24-26(23-14-18(4)12-13-22(23)20(6)32-24)25(16-21)33-34(7,30)28-19(5)27(29)31-17(2)3/h12-17,19H,6,8-11H2,1-5,7H3,(H,28,30)/t19-,34?/m0/s1. The molecule has 6 nitrogen and oxygen atoms in total. The number of hydrogen-bond acceptors (Lipinski definition) is 5. The van der Waals surface area contributed by atoms with Crippen LogP contribution in [0.15, 0.2) is 36.9 Å². The third-order valence-electron chi connectivity index (χ3n) is 5.58. The average molecular weight is 486 g/mol. The quantitative estimate of drug-likeness (QED) is 0.224. The molecule has 3 rings (SSSR count). The van der Waals surface area contributed by atoms with Crippen molar-refractivity contribution in [3.8, 4) is 22.6 Å². The lowest BCUT2D eigenvalue weighted by Gasteiger charge is -2.28. The van der Waals surface area contributed by atoms with Crippen molar-refractivity contribution in [1.82, 2.24) is 5.09 Å². The second-order valence-electron chi connectivity index (χ2n) is 9.27. The van der Waals surface area contributed by atoms with Gasteiger partial charge >= 0.3 is 13.5 Å². The normalized spacial score (nSPS) is 15.1. The van der Waals surface area contributed by atoms with E-state index in [-0.39, 0.29) is 6.10 Å². The van der Waals surface area contributed by atoms with E-state index in [0.717, 1.165) is 53.5 Å².